The second-order valence-corrected chi connectivity index (χ2v) is 20.9. The van der Waals surface area contributed by atoms with E-state index in [-0.39, 0.29) is 53.0 Å². The van der Waals surface area contributed by atoms with Crippen molar-refractivity contribution in [1.82, 2.24) is 10.6 Å². The van der Waals surface area contributed by atoms with Crippen molar-refractivity contribution in [2.45, 2.75) is 166 Å². The van der Waals surface area contributed by atoms with E-state index in [1.54, 1.807) is 0 Å². The lowest BCUT2D eigenvalue weighted by molar-refractivity contribution is -0.142. The topological polar surface area (TPSA) is 220 Å². The quantitative estimate of drug-likeness (QED) is 0.120. The van der Waals surface area contributed by atoms with Crippen molar-refractivity contribution >= 4 is 53.7 Å². The van der Waals surface area contributed by atoms with Crippen molar-refractivity contribution in [1.29, 1.82) is 0 Å². The number of carbonyl (C=O) groups is 3. The van der Waals surface area contributed by atoms with Crippen LogP contribution in [-0.4, -0.2) is 67.6 Å². The van der Waals surface area contributed by atoms with Crippen LogP contribution in [0.15, 0.2) is 10.3 Å². The van der Waals surface area contributed by atoms with Gasteiger partial charge in [-0.05, 0) is 156 Å². The van der Waals surface area contributed by atoms with E-state index < -0.39 is 11.2 Å². The van der Waals surface area contributed by atoms with Gasteiger partial charge in [0.05, 0.1) is 23.3 Å². The first-order valence-corrected chi connectivity index (χ1v) is 20.8. The molecule has 2 amide bonds. The van der Waals surface area contributed by atoms with Crippen LogP contribution in [0.2, 0.25) is 0 Å². The molecule has 6 atom stereocenters. The number of nitrogens with zero attached hydrogens (tertiary/aromatic N) is 2. The van der Waals surface area contributed by atoms with E-state index in [1.165, 1.54) is 19.3 Å². The van der Waals surface area contributed by atoms with Crippen LogP contribution >= 0.6 is 24.3 Å². The number of nitrogens with one attached hydrogen (secondary N) is 2. The van der Waals surface area contributed by atoms with Crippen molar-refractivity contribution in [2.24, 2.45) is 75.2 Å². The summed E-state index contributed by atoms with van der Waals surface area (Å²) < 4.78 is 14.0. The van der Waals surface area contributed by atoms with Gasteiger partial charge in [0.25, 0.3) is 0 Å². The smallest absolute Gasteiger partial charge is 0.408 e. The number of carbonyl (C=O) groups excluding carboxylic acids is 3. The highest BCUT2D eigenvalue weighted by Gasteiger charge is 2.57. The van der Waals surface area contributed by atoms with Crippen LogP contribution in [0, 0.1) is 53.3 Å². The molecule has 12 aliphatic rings. The molecule has 8 N–H and O–H groups in total. The molecule has 12 saturated carbocycles. The van der Waals surface area contributed by atoms with Gasteiger partial charge < -0.3 is 36.3 Å². The Hall–Kier alpha value is -2.39. The molecule has 0 heterocycles. The minimum Gasteiger partial charge on any atom is -0.444 e. The third kappa shape index (κ3) is 10.1. The zero-order chi connectivity index (χ0) is 40.1. The molecule has 0 spiro atoms. The second kappa shape index (κ2) is 16.7. The van der Waals surface area contributed by atoms with E-state index >= 15 is 0 Å². The average Bonchev–Trinajstić information content (AvgIpc) is 3.01. The summed E-state index contributed by atoms with van der Waals surface area (Å²) >= 11 is 4.28. The number of ether oxygens (including phenoxy) is 2. The van der Waals surface area contributed by atoms with Crippen LogP contribution < -0.4 is 22.3 Å². The largest absolute Gasteiger partial charge is 0.444 e. The Bertz CT molecular complexity index is 1480. The molecule has 14 nitrogen and oxygen atoms in total. The first-order valence-electron chi connectivity index (χ1n) is 20.4. The number of hydrogen-bond acceptors (Lipinski definition) is 12. The maximum atomic E-state index is 12.1. The molecule has 6 unspecified atom stereocenters. The number of rotatable bonds is 2. The highest BCUT2D eigenvalue weighted by Crippen LogP contribution is 2.56. The number of nitrogens with two attached hydrogens (primary N) is 2. The number of hydrogen-bond donors (Lipinski definition) is 6. The van der Waals surface area contributed by atoms with Crippen molar-refractivity contribution in [3.05, 3.63) is 0 Å². The lowest BCUT2D eigenvalue weighted by Crippen LogP contribution is -2.63. The number of Topliss-reactive ketones (excluding diaryl/α,β-unsaturated/α-hetero) is 1. The number of ketones is 1. The number of alkyl carbamates (subject to hydrolysis) is 2. The van der Waals surface area contributed by atoms with Gasteiger partial charge in [-0.3, -0.25) is 4.79 Å². The summed E-state index contributed by atoms with van der Waals surface area (Å²) in [5.41, 5.74) is 7.14. The van der Waals surface area contributed by atoms with Gasteiger partial charge in [-0.2, -0.15) is 10.3 Å². The fraction of sp³-hybridized carbons (Fsp3) is 0.875. The molecule has 16 heteroatoms. The zero-order valence-electron chi connectivity index (χ0n) is 34.0. The Morgan fingerprint density at radius 3 is 1.27 bits per heavy atom. The summed E-state index contributed by atoms with van der Waals surface area (Å²) in [6.45, 7) is 11.2. The summed E-state index contributed by atoms with van der Waals surface area (Å²) in [6, 6.07) is 0. The van der Waals surface area contributed by atoms with Gasteiger partial charge >= 0.3 is 12.2 Å². The number of amides is 2. The van der Waals surface area contributed by atoms with Gasteiger partial charge in [0.2, 0.25) is 0 Å². The molecular weight excluding hydrogens is 763 g/mol. The normalized spacial score (nSPS) is 40.1. The molecule has 0 aromatic heterocycles. The molecule has 12 aliphatic carbocycles. The SMILES string of the molecule is CC(C)(C)OC(=O)NC12CC3CC(C1)C(=NO)C(C3)C2.CC(C)(C)OC(=O)NC12CC3CC(C1)C(=O)C(C3)C2.Cl.NC12CC3CC(C1)C(=NO)C(C3)C2.NOCl. The van der Waals surface area contributed by atoms with Crippen molar-refractivity contribution in [3.8, 4) is 0 Å². The number of oxime groups is 2. The average molecular weight is 830 g/mol. The van der Waals surface area contributed by atoms with Crippen LogP contribution in [0.1, 0.15) is 138 Å². The Morgan fingerprint density at radius 2 is 0.946 bits per heavy atom. The lowest BCUT2D eigenvalue weighted by atomic mass is 9.52. The van der Waals surface area contributed by atoms with Gasteiger partial charge in [0, 0.05) is 52.1 Å². The monoisotopic (exact) mass is 828 g/mol. The first kappa shape index (κ1) is 44.7. The predicted octanol–water partition coefficient (Wildman–Crippen LogP) is 7.39. The Kier molecular flexibility index (Phi) is 13.3. The van der Waals surface area contributed by atoms with E-state index in [2.05, 4.69) is 43.1 Å². The van der Waals surface area contributed by atoms with Gasteiger partial charge in [0.15, 0.2) is 0 Å². The summed E-state index contributed by atoms with van der Waals surface area (Å²) in [5.74, 6) is 8.66. The van der Waals surface area contributed by atoms with Crippen LogP contribution in [0.25, 0.3) is 0 Å². The lowest BCUT2D eigenvalue weighted by Gasteiger charge is -2.56. The molecule has 0 radical (unpaired) electrons. The highest BCUT2D eigenvalue weighted by molar-refractivity contribution is 6.07. The number of halogens is 2. The first-order chi connectivity index (χ1) is 25.7. The van der Waals surface area contributed by atoms with Crippen LogP contribution in [-0.2, 0) is 18.7 Å². The van der Waals surface area contributed by atoms with E-state index in [1.807, 2.05) is 41.5 Å². The zero-order valence-corrected chi connectivity index (χ0v) is 35.6. The predicted molar refractivity (Wildman–Crippen MR) is 214 cm³/mol. The molecule has 12 fully saturated rings. The van der Waals surface area contributed by atoms with Crippen molar-refractivity contribution in [3.63, 3.8) is 0 Å². The maximum Gasteiger partial charge on any atom is 0.408 e. The van der Waals surface area contributed by atoms with Gasteiger partial charge in [0.1, 0.15) is 17.0 Å². The molecule has 318 valence electrons. The Balaban J connectivity index is 0.000000157. The van der Waals surface area contributed by atoms with Crippen LogP contribution in [0.4, 0.5) is 9.59 Å². The standard InChI is InChI=1S/C15H24N2O3.C15H23NO3.C10H16N2O.ClH2NO.ClH/c1-14(2,3)20-13(18)16-15-6-9-4-10(7-15)12(17-19)11(5-9)8-15;1-14(2,3)19-13(18)16-15-6-9-4-10(7-15)12(17)11(5-9)8-15;11-10-3-6-1-7(4-10)9(12-13)8(2-6)5-10;1-3-2;/h9-11,19H,4-8H2,1-3H3,(H,16,18);9-11H,4-8H2,1-3H3,(H,16,18);6-8,13H,1-5,11H2;2H2;1H. The van der Waals surface area contributed by atoms with Crippen molar-refractivity contribution < 1.29 is 38.7 Å². The summed E-state index contributed by atoms with van der Waals surface area (Å²) in [4.78, 5) is 36.2. The fourth-order valence-corrected chi connectivity index (χ4v) is 13.0. The third-order valence-corrected chi connectivity index (χ3v) is 13.9. The minimum atomic E-state index is -0.470. The van der Waals surface area contributed by atoms with Gasteiger partial charge in [-0.25, -0.2) is 9.59 Å². The summed E-state index contributed by atoms with van der Waals surface area (Å²) in [6.07, 6.45) is 14.9. The molecule has 0 aliphatic heterocycles. The molecule has 0 aromatic carbocycles. The molecule has 12 rings (SSSR count). The second-order valence-electron chi connectivity index (χ2n) is 20.7. The third-order valence-electron chi connectivity index (χ3n) is 13.9. The van der Waals surface area contributed by atoms with E-state index in [4.69, 9.17) is 20.4 Å². The fourth-order valence-electron chi connectivity index (χ4n) is 13.0. The minimum absolute atomic E-state index is 0. The molecule has 56 heavy (non-hydrogen) atoms. The summed E-state index contributed by atoms with van der Waals surface area (Å²) in [7, 11) is 0. The van der Waals surface area contributed by atoms with E-state index in [0.29, 0.717) is 41.3 Å². The van der Waals surface area contributed by atoms with Crippen LogP contribution in [0.3, 0.4) is 0 Å². The Labute approximate surface area is 342 Å². The molecule has 0 aromatic rings. The van der Waals surface area contributed by atoms with Gasteiger partial charge in [-0.15, -0.1) is 12.4 Å². The highest BCUT2D eigenvalue weighted by atomic mass is 35.5. The maximum absolute atomic E-state index is 12.1. The molecule has 12 bridgehead atoms. The van der Waals surface area contributed by atoms with Crippen molar-refractivity contribution in [2.75, 3.05) is 0 Å². The van der Waals surface area contributed by atoms with Crippen LogP contribution in [0.5, 0.6) is 0 Å². The molecule has 0 saturated heterocycles. The molecular formula is C40H66Cl2N6O8. The van der Waals surface area contributed by atoms with Gasteiger partial charge in [-0.1, -0.05) is 10.3 Å². The summed E-state index contributed by atoms with van der Waals surface area (Å²) in [5, 5.41) is 31.3. The van der Waals surface area contributed by atoms with E-state index in [9.17, 15) is 19.6 Å². The Morgan fingerprint density at radius 1 is 0.643 bits per heavy atom. The van der Waals surface area contributed by atoms with E-state index in [0.717, 1.165) is 94.4 Å².